The lowest BCUT2D eigenvalue weighted by Crippen LogP contribution is -2.15. The molecule has 1 saturated carbocycles. The van der Waals surface area contributed by atoms with Crippen molar-refractivity contribution in [3.63, 3.8) is 0 Å². The number of carbonyl (C=O) groups is 1. The highest BCUT2D eigenvalue weighted by molar-refractivity contribution is 5.98. The number of rotatable bonds is 7. The summed E-state index contributed by atoms with van der Waals surface area (Å²) in [6.07, 6.45) is 9.75. The Morgan fingerprint density at radius 2 is 1.77 bits per heavy atom. The molecular formula is C28H30O3. The molecule has 3 aromatic carbocycles. The van der Waals surface area contributed by atoms with Crippen LogP contribution in [0.15, 0.2) is 66.7 Å². The first kappa shape index (κ1) is 21.2. The van der Waals surface area contributed by atoms with Crippen molar-refractivity contribution < 1.29 is 14.3 Å². The van der Waals surface area contributed by atoms with Gasteiger partial charge in [-0.05, 0) is 65.8 Å². The molecule has 0 aromatic heterocycles. The smallest absolute Gasteiger partial charge is 0.330 e. The van der Waals surface area contributed by atoms with E-state index in [1.54, 1.807) is 6.08 Å². The first-order valence-electron chi connectivity index (χ1n) is 11.3. The zero-order valence-corrected chi connectivity index (χ0v) is 18.2. The summed E-state index contributed by atoms with van der Waals surface area (Å²) in [6, 6.07) is 20.9. The van der Waals surface area contributed by atoms with E-state index in [-0.39, 0.29) is 5.97 Å². The van der Waals surface area contributed by atoms with Crippen LogP contribution in [-0.2, 0) is 9.53 Å². The van der Waals surface area contributed by atoms with Crippen LogP contribution in [0.5, 0.6) is 5.75 Å². The van der Waals surface area contributed by atoms with Crippen LogP contribution < -0.4 is 4.74 Å². The largest absolute Gasteiger partial charge is 0.493 e. The van der Waals surface area contributed by atoms with E-state index in [9.17, 15) is 4.79 Å². The van der Waals surface area contributed by atoms with Crippen LogP contribution in [-0.4, -0.2) is 19.2 Å². The molecule has 0 radical (unpaired) electrons. The lowest BCUT2D eigenvalue weighted by atomic mass is 9.90. The molecule has 0 heterocycles. The third-order valence-corrected chi connectivity index (χ3v) is 5.98. The first-order chi connectivity index (χ1) is 15.2. The zero-order chi connectivity index (χ0) is 21.5. The Kier molecular flexibility index (Phi) is 7.03. The lowest BCUT2D eigenvalue weighted by molar-refractivity contribution is -0.137. The molecule has 31 heavy (non-hydrogen) atoms. The van der Waals surface area contributed by atoms with Crippen molar-refractivity contribution in [3.8, 4) is 16.9 Å². The summed E-state index contributed by atoms with van der Waals surface area (Å²) in [5, 5.41) is 2.39. The van der Waals surface area contributed by atoms with E-state index in [1.807, 2.05) is 19.1 Å². The summed E-state index contributed by atoms with van der Waals surface area (Å²) in [5.41, 5.74) is 3.14. The van der Waals surface area contributed by atoms with Crippen LogP contribution in [0.25, 0.3) is 28.0 Å². The van der Waals surface area contributed by atoms with Gasteiger partial charge in [0, 0.05) is 11.6 Å². The maximum atomic E-state index is 11.8. The van der Waals surface area contributed by atoms with Gasteiger partial charge in [-0.25, -0.2) is 4.79 Å². The molecule has 0 bridgehead atoms. The van der Waals surface area contributed by atoms with E-state index in [0.29, 0.717) is 12.5 Å². The van der Waals surface area contributed by atoms with E-state index in [2.05, 4.69) is 48.5 Å². The summed E-state index contributed by atoms with van der Waals surface area (Å²) in [5.74, 6) is 1.21. The fraction of sp³-hybridized carbons (Fsp3) is 0.321. The summed E-state index contributed by atoms with van der Waals surface area (Å²) in [6.45, 7) is 2.94. The molecule has 1 aliphatic rings. The molecule has 1 fully saturated rings. The van der Waals surface area contributed by atoms with E-state index in [4.69, 9.17) is 9.47 Å². The number of ether oxygens (including phenoxy) is 2. The Hall–Kier alpha value is -3.07. The monoisotopic (exact) mass is 414 g/mol. The molecule has 160 valence electrons. The number of benzene rings is 3. The van der Waals surface area contributed by atoms with Crippen LogP contribution in [0.4, 0.5) is 0 Å². The summed E-state index contributed by atoms with van der Waals surface area (Å²) in [7, 11) is 0. The SMILES string of the molecule is CCOC(=O)C=Cc1ccc(OCC2CCCCC2)c(-c2cccc3ccccc23)c1. The highest BCUT2D eigenvalue weighted by atomic mass is 16.5. The molecule has 4 rings (SSSR count). The average Bonchev–Trinajstić information content (AvgIpc) is 2.82. The Morgan fingerprint density at radius 3 is 2.61 bits per heavy atom. The van der Waals surface area contributed by atoms with Gasteiger partial charge in [-0.3, -0.25) is 0 Å². The van der Waals surface area contributed by atoms with Gasteiger partial charge in [-0.15, -0.1) is 0 Å². The van der Waals surface area contributed by atoms with Crippen molar-refractivity contribution >= 4 is 22.8 Å². The Bertz CT molecular complexity index is 1060. The van der Waals surface area contributed by atoms with Crippen molar-refractivity contribution in [3.05, 3.63) is 72.3 Å². The third-order valence-electron chi connectivity index (χ3n) is 5.98. The minimum absolute atomic E-state index is 0.327. The Morgan fingerprint density at radius 1 is 0.968 bits per heavy atom. The van der Waals surface area contributed by atoms with E-state index >= 15 is 0 Å². The molecule has 0 atom stereocenters. The van der Waals surface area contributed by atoms with Crippen molar-refractivity contribution in [2.45, 2.75) is 39.0 Å². The second-order valence-electron chi connectivity index (χ2n) is 8.18. The Labute approximate surface area is 184 Å². The van der Waals surface area contributed by atoms with Crippen LogP contribution >= 0.6 is 0 Å². The normalized spacial score (nSPS) is 14.7. The number of esters is 1. The van der Waals surface area contributed by atoms with Crippen LogP contribution in [0.2, 0.25) is 0 Å². The van der Waals surface area contributed by atoms with Gasteiger partial charge < -0.3 is 9.47 Å². The van der Waals surface area contributed by atoms with E-state index < -0.39 is 0 Å². The average molecular weight is 415 g/mol. The maximum Gasteiger partial charge on any atom is 0.330 e. The fourth-order valence-corrected chi connectivity index (χ4v) is 4.36. The van der Waals surface area contributed by atoms with Gasteiger partial charge in [0.25, 0.3) is 0 Å². The van der Waals surface area contributed by atoms with E-state index in [0.717, 1.165) is 29.0 Å². The van der Waals surface area contributed by atoms with Crippen LogP contribution in [0, 0.1) is 5.92 Å². The van der Waals surface area contributed by atoms with Gasteiger partial charge in [-0.1, -0.05) is 67.8 Å². The van der Waals surface area contributed by atoms with Crippen LogP contribution in [0.3, 0.4) is 0 Å². The minimum atomic E-state index is -0.327. The number of hydrogen-bond donors (Lipinski definition) is 0. The Balaban J connectivity index is 1.69. The predicted octanol–water partition coefficient (Wildman–Crippen LogP) is 7.04. The minimum Gasteiger partial charge on any atom is -0.493 e. The molecule has 3 heteroatoms. The predicted molar refractivity (Wildman–Crippen MR) is 127 cm³/mol. The second kappa shape index (κ2) is 10.3. The molecule has 1 aliphatic carbocycles. The van der Waals surface area contributed by atoms with Crippen LogP contribution in [0.1, 0.15) is 44.6 Å². The fourth-order valence-electron chi connectivity index (χ4n) is 4.36. The maximum absolute atomic E-state index is 11.8. The number of carbonyl (C=O) groups excluding carboxylic acids is 1. The number of fused-ring (bicyclic) bond motifs is 1. The summed E-state index contributed by atoms with van der Waals surface area (Å²) >= 11 is 0. The topological polar surface area (TPSA) is 35.5 Å². The zero-order valence-electron chi connectivity index (χ0n) is 18.2. The van der Waals surface area contributed by atoms with Gasteiger partial charge in [0.15, 0.2) is 0 Å². The van der Waals surface area contributed by atoms with Gasteiger partial charge in [0.1, 0.15) is 5.75 Å². The lowest BCUT2D eigenvalue weighted by Gasteiger charge is -2.23. The molecule has 0 saturated heterocycles. The highest BCUT2D eigenvalue weighted by Crippen LogP contribution is 2.37. The summed E-state index contributed by atoms with van der Waals surface area (Å²) < 4.78 is 11.4. The molecule has 0 spiro atoms. The van der Waals surface area contributed by atoms with Gasteiger partial charge in [0.2, 0.25) is 0 Å². The van der Waals surface area contributed by atoms with Gasteiger partial charge >= 0.3 is 5.97 Å². The molecule has 0 aliphatic heterocycles. The number of hydrogen-bond acceptors (Lipinski definition) is 3. The van der Waals surface area contributed by atoms with Crippen molar-refractivity contribution in [1.29, 1.82) is 0 Å². The van der Waals surface area contributed by atoms with Gasteiger partial charge in [0.05, 0.1) is 13.2 Å². The molecule has 3 aromatic rings. The quantitative estimate of drug-likeness (QED) is 0.307. The molecule has 0 unspecified atom stereocenters. The van der Waals surface area contributed by atoms with Gasteiger partial charge in [-0.2, -0.15) is 0 Å². The standard InChI is InChI=1S/C28H30O3/c1-2-30-28(29)18-16-21-15-17-27(31-20-22-9-4-3-5-10-22)26(19-21)25-14-8-12-23-11-6-7-13-24(23)25/h6-8,11-19,22H,2-5,9-10,20H2,1H3. The second-order valence-corrected chi connectivity index (χ2v) is 8.18. The molecule has 0 amide bonds. The van der Waals surface area contributed by atoms with Crippen molar-refractivity contribution in [2.75, 3.05) is 13.2 Å². The first-order valence-corrected chi connectivity index (χ1v) is 11.3. The van der Waals surface area contributed by atoms with Crippen molar-refractivity contribution in [2.24, 2.45) is 5.92 Å². The van der Waals surface area contributed by atoms with Crippen molar-refractivity contribution in [1.82, 2.24) is 0 Å². The summed E-state index contributed by atoms with van der Waals surface area (Å²) in [4.78, 5) is 11.8. The highest BCUT2D eigenvalue weighted by Gasteiger charge is 2.16. The molecule has 3 nitrogen and oxygen atoms in total. The van der Waals surface area contributed by atoms with E-state index in [1.165, 1.54) is 49.0 Å². The molecular weight excluding hydrogens is 384 g/mol. The molecule has 0 N–H and O–H groups in total. The third kappa shape index (κ3) is 5.35.